The molecule has 1 N–H and O–H groups in total. The first-order chi connectivity index (χ1) is 9.58. The molecule has 0 aliphatic carbocycles. The third-order valence-electron chi connectivity index (χ3n) is 4.88. The lowest BCUT2D eigenvalue weighted by Crippen LogP contribution is -2.56. The second kappa shape index (κ2) is 7.06. The summed E-state index contributed by atoms with van der Waals surface area (Å²) in [5.41, 5.74) is 1.08. The van der Waals surface area contributed by atoms with Gasteiger partial charge >= 0.3 is 0 Å². The topological polar surface area (TPSA) is 23.5 Å². The van der Waals surface area contributed by atoms with Crippen molar-refractivity contribution in [1.82, 2.24) is 4.90 Å². The molecule has 1 heterocycles. The molecular formula is C17H26BrNO. The summed E-state index contributed by atoms with van der Waals surface area (Å²) in [5.74, 6) is 0. The molecule has 1 aromatic carbocycles. The van der Waals surface area contributed by atoms with E-state index in [0.717, 1.165) is 24.0 Å². The number of rotatable bonds is 5. The predicted octanol–water partition coefficient (Wildman–Crippen LogP) is 4.01. The van der Waals surface area contributed by atoms with Crippen molar-refractivity contribution in [2.75, 3.05) is 13.1 Å². The SMILES string of the molecule is CCC(C)(C(O)Cc1ccccc1Br)N1CCCCC1. The molecule has 1 aromatic rings. The zero-order valence-electron chi connectivity index (χ0n) is 12.6. The minimum atomic E-state index is -0.329. The molecule has 0 amide bonds. The maximum atomic E-state index is 10.8. The van der Waals surface area contributed by atoms with Gasteiger partial charge in [0.05, 0.1) is 6.10 Å². The van der Waals surface area contributed by atoms with Crippen LogP contribution in [0.15, 0.2) is 28.7 Å². The number of hydrogen-bond acceptors (Lipinski definition) is 2. The largest absolute Gasteiger partial charge is 0.391 e. The van der Waals surface area contributed by atoms with Crippen molar-refractivity contribution in [3.05, 3.63) is 34.3 Å². The number of halogens is 1. The van der Waals surface area contributed by atoms with Gasteiger partial charge in [-0.3, -0.25) is 4.90 Å². The second-order valence-corrected chi connectivity index (χ2v) is 6.92. The van der Waals surface area contributed by atoms with Crippen molar-refractivity contribution in [2.24, 2.45) is 0 Å². The van der Waals surface area contributed by atoms with E-state index in [0.29, 0.717) is 6.42 Å². The Labute approximate surface area is 131 Å². The van der Waals surface area contributed by atoms with E-state index < -0.39 is 0 Å². The molecule has 112 valence electrons. The van der Waals surface area contributed by atoms with E-state index in [-0.39, 0.29) is 11.6 Å². The number of hydrogen-bond donors (Lipinski definition) is 1. The van der Waals surface area contributed by atoms with Gasteiger partial charge in [-0.25, -0.2) is 0 Å². The highest BCUT2D eigenvalue weighted by atomic mass is 79.9. The molecule has 0 saturated carbocycles. The summed E-state index contributed by atoms with van der Waals surface area (Å²) in [5, 5.41) is 10.8. The van der Waals surface area contributed by atoms with Gasteiger partial charge in [0.15, 0.2) is 0 Å². The fraction of sp³-hybridized carbons (Fsp3) is 0.647. The van der Waals surface area contributed by atoms with E-state index in [1.165, 1.54) is 24.8 Å². The molecule has 2 unspecified atom stereocenters. The van der Waals surface area contributed by atoms with Crippen LogP contribution < -0.4 is 0 Å². The van der Waals surface area contributed by atoms with Crippen LogP contribution in [0.25, 0.3) is 0 Å². The Balaban J connectivity index is 2.11. The van der Waals surface area contributed by atoms with Gasteiger partial charge in [0.25, 0.3) is 0 Å². The van der Waals surface area contributed by atoms with Crippen LogP contribution in [0, 0.1) is 0 Å². The molecule has 1 aliphatic heterocycles. The number of aliphatic hydroxyl groups is 1. The lowest BCUT2D eigenvalue weighted by atomic mass is 9.84. The Morgan fingerprint density at radius 1 is 1.25 bits per heavy atom. The summed E-state index contributed by atoms with van der Waals surface area (Å²) >= 11 is 3.58. The molecule has 3 heteroatoms. The Kier molecular flexibility index (Phi) is 5.65. The highest BCUT2D eigenvalue weighted by molar-refractivity contribution is 9.10. The molecule has 0 spiro atoms. The van der Waals surface area contributed by atoms with Gasteiger partial charge in [0.1, 0.15) is 0 Å². The Hall–Kier alpha value is -0.380. The van der Waals surface area contributed by atoms with Crippen LogP contribution in [0.2, 0.25) is 0 Å². The van der Waals surface area contributed by atoms with Crippen molar-refractivity contribution in [1.29, 1.82) is 0 Å². The summed E-state index contributed by atoms with van der Waals surface area (Å²) in [6, 6.07) is 8.20. The van der Waals surface area contributed by atoms with Gasteiger partial charge in [-0.1, -0.05) is 47.5 Å². The Morgan fingerprint density at radius 3 is 2.50 bits per heavy atom. The van der Waals surface area contributed by atoms with Crippen LogP contribution in [0.5, 0.6) is 0 Å². The predicted molar refractivity (Wildman–Crippen MR) is 88.0 cm³/mol. The van der Waals surface area contributed by atoms with Crippen LogP contribution >= 0.6 is 15.9 Å². The van der Waals surface area contributed by atoms with E-state index in [1.54, 1.807) is 0 Å². The monoisotopic (exact) mass is 339 g/mol. The van der Waals surface area contributed by atoms with Crippen molar-refractivity contribution >= 4 is 15.9 Å². The van der Waals surface area contributed by atoms with E-state index in [2.05, 4.69) is 40.7 Å². The Bertz CT molecular complexity index is 431. The number of benzene rings is 1. The molecular weight excluding hydrogens is 314 g/mol. The first-order valence-corrected chi connectivity index (χ1v) is 8.53. The Morgan fingerprint density at radius 2 is 1.90 bits per heavy atom. The molecule has 2 rings (SSSR count). The van der Waals surface area contributed by atoms with Crippen molar-refractivity contribution in [3.8, 4) is 0 Å². The van der Waals surface area contributed by atoms with Crippen LogP contribution in [-0.4, -0.2) is 34.7 Å². The highest BCUT2D eigenvalue weighted by Gasteiger charge is 2.37. The van der Waals surface area contributed by atoms with E-state index >= 15 is 0 Å². The summed E-state index contributed by atoms with van der Waals surface area (Å²) in [6.45, 7) is 6.66. The lowest BCUT2D eigenvalue weighted by molar-refractivity contribution is -0.0329. The summed E-state index contributed by atoms with van der Waals surface area (Å²) < 4.78 is 1.09. The minimum absolute atomic E-state index is 0.115. The fourth-order valence-corrected chi connectivity index (χ4v) is 3.61. The number of nitrogens with zero attached hydrogens (tertiary/aromatic N) is 1. The summed E-state index contributed by atoms with van der Waals surface area (Å²) in [4.78, 5) is 2.50. The molecule has 20 heavy (non-hydrogen) atoms. The number of piperidine rings is 1. The quantitative estimate of drug-likeness (QED) is 0.876. The number of likely N-dealkylation sites (tertiary alicyclic amines) is 1. The molecule has 1 aliphatic rings. The standard InChI is InChI=1S/C17H26BrNO/c1-3-17(2,19-11-7-4-8-12-19)16(20)13-14-9-5-6-10-15(14)18/h5-6,9-10,16,20H,3-4,7-8,11-13H2,1-2H3. The fourth-order valence-electron chi connectivity index (χ4n) is 3.17. The molecule has 0 radical (unpaired) electrons. The zero-order chi connectivity index (χ0) is 14.6. The van der Waals surface area contributed by atoms with E-state index in [1.807, 2.05) is 18.2 Å². The lowest BCUT2D eigenvalue weighted by Gasteiger charge is -2.46. The van der Waals surface area contributed by atoms with Crippen molar-refractivity contribution in [3.63, 3.8) is 0 Å². The molecule has 1 saturated heterocycles. The minimum Gasteiger partial charge on any atom is -0.391 e. The molecule has 0 bridgehead atoms. The van der Waals surface area contributed by atoms with E-state index in [9.17, 15) is 5.11 Å². The average Bonchev–Trinajstić information content (AvgIpc) is 2.49. The van der Waals surface area contributed by atoms with Gasteiger partial charge < -0.3 is 5.11 Å². The van der Waals surface area contributed by atoms with Crippen LogP contribution in [0.1, 0.15) is 45.1 Å². The highest BCUT2D eigenvalue weighted by Crippen LogP contribution is 2.30. The smallest absolute Gasteiger partial charge is 0.0761 e. The first kappa shape index (κ1) is 16.0. The third-order valence-corrected chi connectivity index (χ3v) is 5.66. The summed E-state index contributed by atoms with van der Waals surface area (Å²) in [6.07, 6.45) is 5.22. The number of aliphatic hydroxyl groups excluding tert-OH is 1. The van der Waals surface area contributed by atoms with Gasteiger partial charge in [0, 0.05) is 16.4 Å². The maximum Gasteiger partial charge on any atom is 0.0761 e. The molecule has 0 aromatic heterocycles. The van der Waals surface area contributed by atoms with Gasteiger partial charge in [-0.15, -0.1) is 0 Å². The molecule has 1 fully saturated rings. The van der Waals surface area contributed by atoms with Crippen molar-refractivity contribution < 1.29 is 5.11 Å². The van der Waals surface area contributed by atoms with Gasteiger partial charge in [-0.05, 0) is 50.9 Å². The van der Waals surface area contributed by atoms with Gasteiger partial charge in [-0.2, -0.15) is 0 Å². The normalized spacial score (nSPS) is 21.4. The second-order valence-electron chi connectivity index (χ2n) is 6.07. The maximum absolute atomic E-state index is 10.8. The average molecular weight is 340 g/mol. The van der Waals surface area contributed by atoms with Crippen LogP contribution in [0.4, 0.5) is 0 Å². The van der Waals surface area contributed by atoms with Gasteiger partial charge in [0.2, 0.25) is 0 Å². The molecule has 2 nitrogen and oxygen atoms in total. The van der Waals surface area contributed by atoms with E-state index in [4.69, 9.17) is 0 Å². The molecule has 2 atom stereocenters. The first-order valence-electron chi connectivity index (χ1n) is 7.74. The zero-order valence-corrected chi connectivity index (χ0v) is 14.2. The third kappa shape index (κ3) is 3.44. The van der Waals surface area contributed by atoms with Crippen molar-refractivity contribution in [2.45, 2.75) is 57.6 Å². The summed E-state index contributed by atoms with van der Waals surface area (Å²) in [7, 11) is 0. The van der Waals surface area contributed by atoms with Crippen LogP contribution in [-0.2, 0) is 6.42 Å². The van der Waals surface area contributed by atoms with Crippen LogP contribution in [0.3, 0.4) is 0 Å².